The summed E-state index contributed by atoms with van der Waals surface area (Å²) >= 11 is 8.95. The summed E-state index contributed by atoms with van der Waals surface area (Å²) in [5, 5.41) is 0. The Hall–Kier alpha value is 0.917. The smallest absolute Gasteiger partial charge is 0.0631 e. The highest BCUT2D eigenvalue weighted by atomic mass is 32.2. The molecule has 0 saturated carbocycles. The summed E-state index contributed by atoms with van der Waals surface area (Å²) in [6.07, 6.45) is 0. The first kappa shape index (κ1) is 14.9. The third-order valence-electron chi connectivity index (χ3n) is 3.76. The molecule has 0 heterocycles. The van der Waals surface area contributed by atoms with Crippen LogP contribution in [0.2, 0.25) is 22.7 Å². The molecule has 14 heavy (non-hydrogen) atoms. The summed E-state index contributed by atoms with van der Waals surface area (Å²) in [6.45, 7) is 14.3. The van der Waals surface area contributed by atoms with Crippen LogP contribution in [-0.2, 0) is 0 Å². The van der Waals surface area contributed by atoms with Crippen LogP contribution >= 0.6 is 25.3 Å². The maximum absolute atomic E-state index is 4.47. The lowest BCUT2D eigenvalue weighted by Crippen LogP contribution is -2.45. The lowest BCUT2D eigenvalue weighted by atomic mass is 10.5. The number of hydrogen-bond donors (Lipinski definition) is 2. The zero-order valence-corrected chi connectivity index (χ0v) is 13.2. The molecule has 0 radical (unpaired) electrons. The van der Waals surface area contributed by atoms with Gasteiger partial charge in [-0.2, -0.15) is 25.3 Å². The van der Waals surface area contributed by atoms with Crippen LogP contribution in [0.1, 0.15) is 41.5 Å². The van der Waals surface area contributed by atoms with Crippen molar-refractivity contribution in [3.8, 4) is 0 Å². The highest BCUT2D eigenvalue weighted by molar-refractivity contribution is 7.99. The molecule has 0 aliphatic heterocycles. The van der Waals surface area contributed by atoms with E-state index in [1.807, 2.05) is 0 Å². The standard InChI is InChI=1S/C11H26S2Si/c1-8(2)14(9(3)4,10(5)6)7-11(12)13/h8-13H,7H2,1-6H3. The van der Waals surface area contributed by atoms with Crippen molar-refractivity contribution in [3.05, 3.63) is 0 Å². The first-order valence-corrected chi connectivity index (χ1v) is 9.08. The quantitative estimate of drug-likeness (QED) is 0.389. The number of thiol groups is 2. The minimum absolute atomic E-state index is 0.258. The fourth-order valence-electron chi connectivity index (χ4n) is 3.02. The van der Waals surface area contributed by atoms with Crippen molar-refractivity contribution < 1.29 is 0 Å². The lowest BCUT2D eigenvalue weighted by molar-refractivity contribution is 0.801. The van der Waals surface area contributed by atoms with Gasteiger partial charge in [-0.1, -0.05) is 58.2 Å². The van der Waals surface area contributed by atoms with E-state index < -0.39 is 8.07 Å². The molecular formula is C11H26S2Si. The Bertz CT molecular complexity index is 143. The summed E-state index contributed by atoms with van der Waals surface area (Å²) in [5.41, 5.74) is 2.47. The topological polar surface area (TPSA) is 0 Å². The van der Waals surface area contributed by atoms with E-state index in [2.05, 4.69) is 66.8 Å². The van der Waals surface area contributed by atoms with Crippen LogP contribution in [0.15, 0.2) is 0 Å². The van der Waals surface area contributed by atoms with E-state index >= 15 is 0 Å². The Labute approximate surface area is 102 Å². The van der Waals surface area contributed by atoms with E-state index in [1.165, 1.54) is 6.04 Å². The predicted molar refractivity (Wildman–Crippen MR) is 77.6 cm³/mol. The van der Waals surface area contributed by atoms with Crippen LogP contribution in [0.5, 0.6) is 0 Å². The summed E-state index contributed by atoms with van der Waals surface area (Å²) in [6, 6.07) is 1.23. The normalized spacial score (nSPS) is 13.7. The Morgan fingerprint density at radius 2 is 1.07 bits per heavy atom. The minimum atomic E-state index is -1.24. The van der Waals surface area contributed by atoms with E-state index in [4.69, 9.17) is 0 Å². The highest BCUT2D eigenvalue weighted by Crippen LogP contribution is 2.46. The van der Waals surface area contributed by atoms with Crippen LogP contribution in [0.25, 0.3) is 0 Å². The number of hydrogen-bond acceptors (Lipinski definition) is 2. The second kappa shape index (κ2) is 5.85. The van der Waals surface area contributed by atoms with Gasteiger partial charge in [0.1, 0.15) is 0 Å². The molecule has 0 rings (SSSR count). The van der Waals surface area contributed by atoms with Crippen LogP contribution in [-0.4, -0.2) is 12.7 Å². The van der Waals surface area contributed by atoms with Crippen LogP contribution < -0.4 is 0 Å². The van der Waals surface area contributed by atoms with Gasteiger partial charge >= 0.3 is 0 Å². The van der Waals surface area contributed by atoms with Gasteiger partial charge in [-0.3, -0.25) is 0 Å². The SMILES string of the molecule is CC(C)[Si](CC(S)S)(C(C)C)C(C)C. The van der Waals surface area contributed by atoms with Gasteiger partial charge in [0.05, 0.1) is 8.07 Å². The first-order chi connectivity index (χ1) is 6.25. The summed E-state index contributed by atoms with van der Waals surface area (Å²) in [5.74, 6) is 0. The average Bonchev–Trinajstić information content (AvgIpc) is 1.97. The first-order valence-electron chi connectivity index (χ1n) is 5.61. The van der Waals surface area contributed by atoms with Gasteiger partial charge in [-0.25, -0.2) is 0 Å². The molecule has 0 aromatic heterocycles. The van der Waals surface area contributed by atoms with Crippen LogP contribution in [0, 0.1) is 0 Å². The molecule has 0 saturated heterocycles. The molecule has 0 atom stereocenters. The average molecular weight is 251 g/mol. The Morgan fingerprint density at radius 1 is 0.786 bits per heavy atom. The lowest BCUT2D eigenvalue weighted by Gasteiger charge is -2.44. The molecule has 0 fully saturated rings. The molecule has 3 heteroatoms. The van der Waals surface area contributed by atoms with Crippen molar-refractivity contribution in [3.63, 3.8) is 0 Å². The van der Waals surface area contributed by atoms with Gasteiger partial charge in [0.2, 0.25) is 0 Å². The van der Waals surface area contributed by atoms with E-state index in [0.29, 0.717) is 0 Å². The number of rotatable bonds is 5. The monoisotopic (exact) mass is 250 g/mol. The van der Waals surface area contributed by atoms with Crippen molar-refractivity contribution in [1.82, 2.24) is 0 Å². The molecule has 0 bridgehead atoms. The van der Waals surface area contributed by atoms with E-state index in [9.17, 15) is 0 Å². The summed E-state index contributed by atoms with van der Waals surface area (Å²) in [4.78, 5) is 0. The zero-order chi connectivity index (χ0) is 11.5. The van der Waals surface area contributed by atoms with Gasteiger partial charge in [-0.05, 0) is 6.04 Å². The van der Waals surface area contributed by atoms with E-state index in [1.54, 1.807) is 0 Å². The molecule has 0 N–H and O–H groups in total. The van der Waals surface area contributed by atoms with Gasteiger partial charge in [0.15, 0.2) is 0 Å². The fourth-order valence-corrected chi connectivity index (χ4v) is 11.0. The fraction of sp³-hybridized carbons (Fsp3) is 1.00. The van der Waals surface area contributed by atoms with Crippen molar-refractivity contribution in [2.75, 3.05) is 0 Å². The summed E-state index contributed by atoms with van der Waals surface area (Å²) < 4.78 is 0.258. The maximum Gasteiger partial charge on any atom is 0.0631 e. The predicted octanol–water partition coefficient (Wildman–Crippen LogP) is 4.85. The molecule has 0 unspecified atom stereocenters. The largest absolute Gasteiger partial charge is 0.166 e. The molecule has 0 aromatic carbocycles. The van der Waals surface area contributed by atoms with E-state index in [0.717, 1.165) is 16.6 Å². The van der Waals surface area contributed by atoms with Crippen LogP contribution in [0.3, 0.4) is 0 Å². The van der Waals surface area contributed by atoms with Crippen molar-refractivity contribution in [2.24, 2.45) is 0 Å². The third-order valence-corrected chi connectivity index (χ3v) is 12.4. The second-order valence-corrected chi connectivity index (χ2v) is 13.0. The molecule has 86 valence electrons. The van der Waals surface area contributed by atoms with E-state index in [-0.39, 0.29) is 4.58 Å². The van der Waals surface area contributed by atoms with Crippen LogP contribution in [0.4, 0.5) is 0 Å². The Morgan fingerprint density at radius 3 is 1.14 bits per heavy atom. The second-order valence-electron chi connectivity index (χ2n) is 5.26. The van der Waals surface area contributed by atoms with Crippen molar-refractivity contribution in [1.29, 1.82) is 0 Å². The minimum Gasteiger partial charge on any atom is -0.166 e. The van der Waals surface area contributed by atoms with Crippen molar-refractivity contribution in [2.45, 2.75) is 68.8 Å². The molecule has 0 aliphatic rings. The van der Waals surface area contributed by atoms with Gasteiger partial charge < -0.3 is 0 Å². The Kier molecular flexibility index (Phi) is 6.24. The molecule has 0 aromatic rings. The molecule has 0 amide bonds. The van der Waals surface area contributed by atoms with Gasteiger partial charge in [0.25, 0.3) is 0 Å². The molecular weight excluding hydrogens is 224 g/mol. The van der Waals surface area contributed by atoms with Crippen molar-refractivity contribution >= 4 is 33.3 Å². The van der Waals surface area contributed by atoms with Gasteiger partial charge in [-0.15, -0.1) is 0 Å². The highest BCUT2D eigenvalue weighted by Gasteiger charge is 2.42. The molecule has 0 aliphatic carbocycles. The molecule has 0 spiro atoms. The molecule has 0 nitrogen and oxygen atoms in total. The van der Waals surface area contributed by atoms with Gasteiger partial charge in [0, 0.05) is 4.58 Å². The summed E-state index contributed by atoms with van der Waals surface area (Å²) in [7, 11) is -1.24. The maximum atomic E-state index is 4.47. The Balaban J connectivity index is 4.95. The zero-order valence-electron chi connectivity index (χ0n) is 10.4. The third kappa shape index (κ3) is 3.21.